The average Bonchev–Trinajstić information content (AvgIpc) is 3.17. The second-order valence-electron chi connectivity index (χ2n) is 7.93. The molecule has 2 heterocycles. The van der Waals surface area contributed by atoms with Crippen LogP contribution in [0.2, 0.25) is 5.02 Å². The molecule has 1 amide bonds. The van der Waals surface area contributed by atoms with E-state index < -0.39 is 9.84 Å². The number of carbonyl (C=O) groups is 1. The third-order valence-corrected chi connectivity index (χ3v) is 6.58. The number of para-hydroxylation sites is 1. The molecule has 1 aromatic carbocycles. The van der Waals surface area contributed by atoms with Crippen molar-refractivity contribution in [3.8, 4) is 5.75 Å². The molecule has 1 fully saturated rings. The van der Waals surface area contributed by atoms with Crippen molar-refractivity contribution in [2.45, 2.75) is 38.6 Å². The number of benzene rings is 1. The highest BCUT2D eigenvalue weighted by Crippen LogP contribution is 2.31. The van der Waals surface area contributed by atoms with Crippen LogP contribution in [0.5, 0.6) is 5.75 Å². The number of hydrogen-bond acceptors (Lipinski definition) is 5. The topological polar surface area (TPSA) is 90.3 Å². The number of hydrogen-bond donors (Lipinski definition) is 1. The Morgan fingerprint density at radius 2 is 2.07 bits per heavy atom. The van der Waals surface area contributed by atoms with Gasteiger partial charge in [-0.3, -0.25) is 4.79 Å². The standard InChI is InChI=1S/C19H24ClN3O4S/c1-19(2,3)16-10-17(23(22-16)13-8-9-28(25,26)12-13)21-18(24)11-27-15-7-5-4-6-14(15)20/h4-7,10,13H,8-9,11-12H2,1-3H3,(H,21,24). The van der Waals surface area contributed by atoms with Crippen molar-refractivity contribution in [3.63, 3.8) is 0 Å². The minimum absolute atomic E-state index is 0.0251. The Morgan fingerprint density at radius 1 is 1.36 bits per heavy atom. The SMILES string of the molecule is CC(C)(C)c1cc(NC(=O)COc2ccccc2Cl)n(C2CCS(=O)(=O)C2)n1. The summed E-state index contributed by atoms with van der Waals surface area (Å²) in [6.45, 7) is 5.81. The molecular weight excluding hydrogens is 402 g/mol. The number of aromatic nitrogens is 2. The summed E-state index contributed by atoms with van der Waals surface area (Å²) in [4.78, 5) is 12.4. The van der Waals surface area contributed by atoms with Crippen LogP contribution in [-0.2, 0) is 20.0 Å². The lowest BCUT2D eigenvalue weighted by Gasteiger charge is -2.15. The molecule has 1 atom stereocenters. The molecule has 0 spiro atoms. The minimum atomic E-state index is -3.08. The molecule has 0 aliphatic carbocycles. The highest BCUT2D eigenvalue weighted by atomic mass is 35.5. The van der Waals surface area contributed by atoms with E-state index in [2.05, 4.69) is 10.4 Å². The molecule has 152 valence electrons. The van der Waals surface area contributed by atoms with E-state index in [-0.39, 0.29) is 35.5 Å². The van der Waals surface area contributed by atoms with Gasteiger partial charge in [0.25, 0.3) is 5.91 Å². The number of halogens is 1. The predicted molar refractivity (Wildman–Crippen MR) is 109 cm³/mol. The highest BCUT2D eigenvalue weighted by molar-refractivity contribution is 7.91. The normalized spacial score (nSPS) is 18.8. The summed E-state index contributed by atoms with van der Waals surface area (Å²) < 4.78 is 30.9. The van der Waals surface area contributed by atoms with Crippen LogP contribution in [0.3, 0.4) is 0 Å². The largest absolute Gasteiger partial charge is 0.482 e. The van der Waals surface area contributed by atoms with Gasteiger partial charge in [0, 0.05) is 11.5 Å². The first-order chi connectivity index (χ1) is 13.0. The first-order valence-electron chi connectivity index (χ1n) is 9.03. The third kappa shape index (κ3) is 4.86. The molecule has 1 aliphatic rings. The lowest BCUT2D eigenvalue weighted by Crippen LogP contribution is -2.24. The second-order valence-corrected chi connectivity index (χ2v) is 10.6. The number of carbonyl (C=O) groups excluding carboxylic acids is 1. The molecule has 9 heteroatoms. The van der Waals surface area contributed by atoms with Crippen molar-refractivity contribution >= 4 is 33.2 Å². The zero-order valence-corrected chi connectivity index (χ0v) is 17.7. The summed E-state index contributed by atoms with van der Waals surface area (Å²) in [5.74, 6) is 0.676. The summed E-state index contributed by atoms with van der Waals surface area (Å²) in [7, 11) is -3.08. The number of anilines is 1. The summed E-state index contributed by atoms with van der Waals surface area (Å²) in [5.41, 5.74) is 0.537. The molecule has 0 bridgehead atoms. The smallest absolute Gasteiger partial charge is 0.263 e. The number of nitrogens with zero attached hydrogens (tertiary/aromatic N) is 2. The van der Waals surface area contributed by atoms with Crippen molar-refractivity contribution in [2.24, 2.45) is 0 Å². The van der Waals surface area contributed by atoms with Gasteiger partial charge in [-0.25, -0.2) is 13.1 Å². The fourth-order valence-electron chi connectivity index (χ4n) is 2.98. The molecule has 2 aromatic rings. The Balaban J connectivity index is 1.77. The minimum Gasteiger partial charge on any atom is -0.482 e. The van der Waals surface area contributed by atoms with Gasteiger partial charge in [0.05, 0.1) is 28.3 Å². The van der Waals surface area contributed by atoms with E-state index in [4.69, 9.17) is 16.3 Å². The Morgan fingerprint density at radius 3 is 2.68 bits per heavy atom. The molecule has 0 saturated carbocycles. The maximum atomic E-state index is 12.4. The summed E-state index contributed by atoms with van der Waals surface area (Å²) >= 11 is 6.03. The molecule has 0 radical (unpaired) electrons. The number of sulfone groups is 1. The van der Waals surface area contributed by atoms with Gasteiger partial charge in [-0.2, -0.15) is 5.10 Å². The molecule has 1 aliphatic heterocycles. The lowest BCUT2D eigenvalue weighted by molar-refractivity contribution is -0.118. The van der Waals surface area contributed by atoms with E-state index >= 15 is 0 Å². The van der Waals surface area contributed by atoms with Crippen LogP contribution in [-0.4, -0.2) is 42.2 Å². The molecule has 1 unspecified atom stereocenters. The van der Waals surface area contributed by atoms with Crippen molar-refractivity contribution < 1.29 is 17.9 Å². The van der Waals surface area contributed by atoms with E-state index in [0.29, 0.717) is 23.0 Å². The monoisotopic (exact) mass is 425 g/mol. The van der Waals surface area contributed by atoms with Crippen molar-refractivity contribution in [1.82, 2.24) is 9.78 Å². The van der Waals surface area contributed by atoms with Gasteiger partial charge in [-0.05, 0) is 18.6 Å². The lowest BCUT2D eigenvalue weighted by atomic mass is 9.92. The van der Waals surface area contributed by atoms with Crippen LogP contribution in [0.4, 0.5) is 5.82 Å². The summed E-state index contributed by atoms with van der Waals surface area (Å²) in [6.07, 6.45) is 0.479. The summed E-state index contributed by atoms with van der Waals surface area (Å²) in [5, 5.41) is 7.81. The summed E-state index contributed by atoms with van der Waals surface area (Å²) in [6, 6.07) is 8.40. The zero-order chi connectivity index (χ0) is 20.5. The highest BCUT2D eigenvalue weighted by Gasteiger charge is 2.32. The third-order valence-electron chi connectivity index (χ3n) is 4.52. The Hall–Kier alpha value is -2.06. The fraction of sp³-hybridized carbons (Fsp3) is 0.474. The Bertz CT molecular complexity index is 979. The van der Waals surface area contributed by atoms with Crippen LogP contribution in [0.15, 0.2) is 30.3 Å². The van der Waals surface area contributed by atoms with E-state index in [1.54, 1.807) is 35.0 Å². The van der Waals surface area contributed by atoms with E-state index in [1.165, 1.54) is 0 Å². The van der Waals surface area contributed by atoms with Crippen molar-refractivity contribution in [1.29, 1.82) is 0 Å². The number of rotatable bonds is 5. The number of amides is 1. The van der Waals surface area contributed by atoms with Gasteiger partial charge < -0.3 is 10.1 Å². The van der Waals surface area contributed by atoms with E-state index in [0.717, 1.165) is 5.69 Å². The second kappa shape index (κ2) is 7.75. The quantitative estimate of drug-likeness (QED) is 0.794. The number of nitrogens with one attached hydrogen (secondary N) is 1. The molecule has 3 rings (SSSR count). The van der Waals surface area contributed by atoms with Crippen LogP contribution < -0.4 is 10.1 Å². The van der Waals surface area contributed by atoms with Crippen LogP contribution in [0.1, 0.15) is 38.9 Å². The van der Waals surface area contributed by atoms with Gasteiger partial charge in [0.15, 0.2) is 16.4 Å². The van der Waals surface area contributed by atoms with Gasteiger partial charge in [-0.15, -0.1) is 0 Å². The molecular formula is C19H24ClN3O4S. The molecule has 7 nitrogen and oxygen atoms in total. The molecule has 1 N–H and O–H groups in total. The first kappa shape index (κ1) is 20.7. The van der Waals surface area contributed by atoms with Gasteiger partial charge in [0.2, 0.25) is 0 Å². The van der Waals surface area contributed by atoms with Crippen molar-refractivity contribution in [2.75, 3.05) is 23.4 Å². The van der Waals surface area contributed by atoms with Gasteiger partial charge >= 0.3 is 0 Å². The van der Waals surface area contributed by atoms with Crippen molar-refractivity contribution in [3.05, 3.63) is 41.0 Å². The first-order valence-corrected chi connectivity index (χ1v) is 11.2. The van der Waals surface area contributed by atoms with E-state index in [1.807, 2.05) is 20.8 Å². The predicted octanol–water partition coefficient (Wildman–Crippen LogP) is 3.21. The molecule has 1 aromatic heterocycles. The average molecular weight is 426 g/mol. The van der Waals surface area contributed by atoms with Gasteiger partial charge in [0.1, 0.15) is 11.6 Å². The molecule has 1 saturated heterocycles. The maximum Gasteiger partial charge on any atom is 0.263 e. The number of ether oxygens (including phenoxy) is 1. The zero-order valence-electron chi connectivity index (χ0n) is 16.1. The molecule has 28 heavy (non-hydrogen) atoms. The van der Waals surface area contributed by atoms with Crippen LogP contribution in [0, 0.1) is 0 Å². The Labute approximate surface area is 169 Å². The van der Waals surface area contributed by atoms with Gasteiger partial charge in [-0.1, -0.05) is 44.5 Å². The fourth-order valence-corrected chi connectivity index (χ4v) is 4.87. The van der Waals surface area contributed by atoms with Crippen LogP contribution >= 0.6 is 11.6 Å². The van der Waals surface area contributed by atoms with E-state index in [9.17, 15) is 13.2 Å². The maximum absolute atomic E-state index is 12.4. The Kier molecular flexibility index (Phi) is 5.72. The van der Waals surface area contributed by atoms with Crippen LogP contribution in [0.25, 0.3) is 0 Å².